The molecule has 0 heterocycles. The van der Waals surface area contributed by atoms with Crippen molar-refractivity contribution in [1.29, 1.82) is 0 Å². The van der Waals surface area contributed by atoms with Crippen molar-refractivity contribution < 1.29 is 37.6 Å². The first kappa shape index (κ1) is 89.2. The van der Waals surface area contributed by atoms with Crippen LogP contribution in [0, 0.1) is 0 Å². The fraction of sp³-hybridized carbons (Fsp3) is 0.901. The van der Waals surface area contributed by atoms with Gasteiger partial charge in [0.05, 0.1) is 13.2 Å². The van der Waals surface area contributed by atoms with E-state index in [9.17, 15) is 19.0 Å². The monoisotopic (exact) mass is 1300 g/mol. The molecule has 91 heavy (non-hydrogen) atoms. The van der Waals surface area contributed by atoms with Crippen LogP contribution in [-0.4, -0.2) is 49.3 Å². The highest BCUT2D eigenvalue weighted by atomic mass is 31.2. The van der Waals surface area contributed by atoms with Gasteiger partial charge in [-0.1, -0.05) is 391 Å². The molecule has 0 aliphatic heterocycles. The van der Waals surface area contributed by atoms with Gasteiger partial charge in [-0.3, -0.25) is 18.6 Å². The molecular weight excluding hydrogens is 1150 g/mol. The minimum atomic E-state index is -4.39. The lowest BCUT2D eigenvalue weighted by atomic mass is 10.0. The van der Waals surface area contributed by atoms with Crippen LogP contribution in [0.1, 0.15) is 438 Å². The quantitative estimate of drug-likeness (QED) is 0.0264. The summed E-state index contributed by atoms with van der Waals surface area (Å²) in [5.41, 5.74) is 5.42. The van der Waals surface area contributed by atoms with Crippen molar-refractivity contribution >= 4 is 19.8 Å². The van der Waals surface area contributed by atoms with Crippen molar-refractivity contribution in [2.45, 2.75) is 444 Å². The van der Waals surface area contributed by atoms with Crippen molar-refractivity contribution in [3.63, 3.8) is 0 Å². The van der Waals surface area contributed by atoms with E-state index in [-0.39, 0.29) is 38.6 Å². The molecule has 0 amide bonds. The standard InChI is InChI=1S/C81H156NO8P/c1-3-5-7-9-11-13-15-17-19-21-23-25-27-29-31-33-35-37-38-39-40-42-44-46-48-50-52-54-56-58-60-62-64-66-68-70-72-74-81(84)90-79(78-89-91(85,86)88-76-75-82)77-87-80(83)73-71-69-67-65-63-61-59-57-55-53-51-49-47-45-43-41-36-34-32-30-28-26-24-22-20-18-16-14-12-10-8-6-4-2/h15,17,21-24,79H,3-14,16,18-20,25-78,82H2,1-2H3,(H,85,86)/b17-15-,23-21-,24-22-. The van der Waals surface area contributed by atoms with Crippen molar-refractivity contribution in [1.82, 2.24) is 0 Å². The molecule has 0 aromatic rings. The van der Waals surface area contributed by atoms with Crippen LogP contribution in [0.2, 0.25) is 0 Å². The predicted octanol–water partition coefficient (Wildman–Crippen LogP) is 27.0. The van der Waals surface area contributed by atoms with Crippen LogP contribution in [0.15, 0.2) is 36.5 Å². The Labute approximate surface area is 566 Å². The third-order valence-electron chi connectivity index (χ3n) is 18.5. The predicted molar refractivity (Wildman–Crippen MR) is 395 cm³/mol. The molecule has 0 fully saturated rings. The molecule has 10 heteroatoms. The Balaban J connectivity index is 3.74. The maximum atomic E-state index is 12.8. The first-order chi connectivity index (χ1) is 44.8. The number of carbonyl (C=O) groups excluding carboxylic acids is 2. The Morgan fingerprint density at radius 2 is 0.571 bits per heavy atom. The fourth-order valence-corrected chi connectivity index (χ4v) is 13.3. The van der Waals surface area contributed by atoms with E-state index >= 15 is 0 Å². The molecule has 0 radical (unpaired) electrons. The number of nitrogens with two attached hydrogens (primary N) is 1. The lowest BCUT2D eigenvalue weighted by Gasteiger charge is -2.19. The van der Waals surface area contributed by atoms with Gasteiger partial charge in [0.1, 0.15) is 6.61 Å². The molecular formula is C81H156NO8P. The van der Waals surface area contributed by atoms with Crippen LogP contribution in [0.5, 0.6) is 0 Å². The van der Waals surface area contributed by atoms with Gasteiger partial charge in [-0.25, -0.2) is 4.57 Å². The number of phosphoric acid groups is 1. The molecule has 0 saturated heterocycles. The first-order valence-corrected chi connectivity index (χ1v) is 42.0. The average molecular weight is 1300 g/mol. The van der Waals surface area contributed by atoms with Gasteiger partial charge in [-0.2, -0.15) is 0 Å². The summed E-state index contributed by atoms with van der Waals surface area (Å²) in [6.07, 6.45) is 98.7. The summed E-state index contributed by atoms with van der Waals surface area (Å²) in [6.45, 7) is 3.82. The van der Waals surface area contributed by atoms with Gasteiger partial charge < -0.3 is 20.1 Å². The number of hydrogen-bond donors (Lipinski definition) is 2. The Bertz CT molecular complexity index is 1590. The topological polar surface area (TPSA) is 134 Å². The van der Waals surface area contributed by atoms with E-state index in [2.05, 4.69) is 50.3 Å². The summed E-state index contributed by atoms with van der Waals surface area (Å²) in [5, 5.41) is 0. The number of allylic oxidation sites excluding steroid dienone is 6. The van der Waals surface area contributed by atoms with Crippen LogP contribution in [0.3, 0.4) is 0 Å². The van der Waals surface area contributed by atoms with Crippen LogP contribution in [0.4, 0.5) is 0 Å². The Morgan fingerprint density at radius 3 is 0.846 bits per heavy atom. The number of esters is 2. The minimum Gasteiger partial charge on any atom is -0.462 e. The molecule has 0 saturated carbocycles. The smallest absolute Gasteiger partial charge is 0.462 e. The molecule has 0 aliphatic rings. The number of ether oxygens (including phenoxy) is 2. The highest BCUT2D eigenvalue weighted by Gasteiger charge is 2.26. The third kappa shape index (κ3) is 77.1. The zero-order valence-corrected chi connectivity index (χ0v) is 61.8. The number of rotatable bonds is 78. The lowest BCUT2D eigenvalue weighted by Crippen LogP contribution is -2.29. The highest BCUT2D eigenvalue weighted by Crippen LogP contribution is 2.43. The minimum absolute atomic E-state index is 0.0568. The lowest BCUT2D eigenvalue weighted by molar-refractivity contribution is -0.161. The Morgan fingerprint density at radius 1 is 0.330 bits per heavy atom. The summed E-state index contributed by atoms with van der Waals surface area (Å²) in [5.74, 6) is -0.800. The summed E-state index contributed by atoms with van der Waals surface area (Å²) in [4.78, 5) is 35.5. The Hall–Kier alpha value is -1.77. The molecule has 0 bridgehead atoms. The molecule has 0 rings (SSSR count). The molecule has 9 nitrogen and oxygen atoms in total. The third-order valence-corrected chi connectivity index (χ3v) is 19.5. The number of hydrogen-bond acceptors (Lipinski definition) is 8. The van der Waals surface area contributed by atoms with Crippen molar-refractivity contribution in [2.75, 3.05) is 26.4 Å². The van der Waals surface area contributed by atoms with Crippen molar-refractivity contribution in [3.05, 3.63) is 36.5 Å². The second-order valence-corrected chi connectivity index (χ2v) is 29.1. The van der Waals surface area contributed by atoms with Gasteiger partial charge >= 0.3 is 19.8 Å². The average Bonchev–Trinajstić information content (AvgIpc) is 3.74. The van der Waals surface area contributed by atoms with E-state index in [0.29, 0.717) is 6.42 Å². The van der Waals surface area contributed by atoms with E-state index in [1.807, 2.05) is 0 Å². The van der Waals surface area contributed by atoms with Gasteiger partial charge in [0.25, 0.3) is 0 Å². The molecule has 2 unspecified atom stereocenters. The second-order valence-electron chi connectivity index (χ2n) is 27.6. The summed E-state index contributed by atoms with van der Waals surface area (Å²) in [7, 11) is -4.39. The van der Waals surface area contributed by atoms with Gasteiger partial charge in [-0.05, 0) is 70.6 Å². The maximum Gasteiger partial charge on any atom is 0.472 e. The molecule has 0 spiro atoms. The largest absolute Gasteiger partial charge is 0.472 e. The van der Waals surface area contributed by atoms with Gasteiger partial charge in [0, 0.05) is 19.4 Å². The van der Waals surface area contributed by atoms with Crippen LogP contribution >= 0.6 is 7.82 Å². The number of carbonyl (C=O) groups is 2. The van der Waals surface area contributed by atoms with Crippen LogP contribution in [0.25, 0.3) is 0 Å². The maximum absolute atomic E-state index is 12.8. The van der Waals surface area contributed by atoms with Gasteiger partial charge in [0.2, 0.25) is 0 Å². The van der Waals surface area contributed by atoms with Crippen molar-refractivity contribution in [3.8, 4) is 0 Å². The first-order valence-electron chi connectivity index (χ1n) is 40.5. The summed E-state index contributed by atoms with van der Waals surface area (Å²) in [6, 6.07) is 0. The van der Waals surface area contributed by atoms with E-state index in [1.54, 1.807) is 0 Å². The van der Waals surface area contributed by atoms with Gasteiger partial charge in [0.15, 0.2) is 6.10 Å². The van der Waals surface area contributed by atoms with Crippen LogP contribution < -0.4 is 5.73 Å². The molecule has 2 atom stereocenters. The summed E-state index contributed by atoms with van der Waals surface area (Å²) >= 11 is 0. The van der Waals surface area contributed by atoms with E-state index in [0.717, 1.165) is 38.5 Å². The highest BCUT2D eigenvalue weighted by molar-refractivity contribution is 7.47. The summed E-state index contributed by atoms with van der Waals surface area (Å²) < 4.78 is 33.3. The molecule has 3 N–H and O–H groups in total. The van der Waals surface area contributed by atoms with Crippen molar-refractivity contribution in [2.24, 2.45) is 5.73 Å². The molecule has 538 valence electrons. The second kappa shape index (κ2) is 77.2. The zero-order chi connectivity index (χ0) is 65.8. The normalized spacial score (nSPS) is 13.0. The number of phosphoric ester groups is 1. The Kier molecular flexibility index (Phi) is 75.7. The molecule has 0 aliphatic carbocycles. The fourth-order valence-electron chi connectivity index (χ4n) is 12.5. The van der Waals surface area contributed by atoms with Gasteiger partial charge in [-0.15, -0.1) is 0 Å². The number of unbranched alkanes of at least 4 members (excludes halogenated alkanes) is 59. The SMILES string of the molecule is CCCCCCC/C=C\C/C=C\CCCCCCCCCCCCCCCCCCCCCCCCCCCC(=O)OC(COC(=O)CCCCCCCCCCCCCCCCCCCCCCC/C=C\CCCCCCCCCC)COP(=O)(O)OCCN. The molecule has 0 aromatic carbocycles. The van der Waals surface area contributed by atoms with E-state index in [1.165, 1.54) is 366 Å². The van der Waals surface area contributed by atoms with Crippen LogP contribution in [-0.2, 0) is 32.7 Å². The molecule has 0 aromatic heterocycles. The van der Waals surface area contributed by atoms with E-state index in [4.69, 9.17) is 24.3 Å². The zero-order valence-electron chi connectivity index (χ0n) is 60.9. The van der Waals surface area contributed by atoms with E-state index < -0.39 is 26.5 Å².